The summed E-state index contributed by atoms with van der Waals surface area (Å²) in [6.45, 7) is -0.179. The van der Waals surface area contributed by atoms with Gasteiger partial charge in [0.05, 0.1) is 17.3 Å². The fourth-order valence-corrected chi connectivity index (χ4v) is 2.36. The van der Waals surface area contributed by atoms with Crippen LogP contribution in [0.5, 0.6) is 0 Å². The quantitative estimate of drug-likeness (QED) is 0.743. The number of benzene rings is 2. The van der Waals surface area contributed by atoms with Gasteiger partial charge in [-0.2, -0.15) is 13.2 Å². The molecule has 0 aliphatic rings. The summed E-state index contributed by atoms with van der Waals surface area (Å²) in [7, 11) is 0. The lowest BCUT2D eigenvalue weighted by molar-refractivity contribution is -0.176. The van der Waals surface area contributed by atoms with Crippen LogP contribution < -0.4 is 10.6 Å². The molecule has 2 aromatic carbocycles. The molecule has 0 aromatic heterocycles. The number of ether oxygens (including phenoxy) is 1. The van der Waals surface area contributed by atoms with Crippen LogP contribution in [0, 0.1) is 0 Å². The van der Waals surface area contributed by atoms with Gasteiger partial charge in [-0.25, -0.2) is 0 Å². The first-order valence-electron chi connectivity index (χ1n) is 7.76. The Bertz CT molecular complexity index is 824. The number of rotatable bonds is 6. The van der Waals surface area contributed by atoms with Crippen molar-refractivity contribution in [1.82, 2.24) is 0 Å². The van der Waals surface area contributed by atoms with Gasteiger partial charge in [0.15, 0.2) is 0 Å². The fraction of sp³-hybridized carbons (Fsp3) is 0.222. The number of hydrogen-bond acceptors (Lipinski definition) is 3. The minimum atomic E-state index is -4.38. The summed E-state index contributed by atoms with van der Waals surface area (Å²) in [6.07, 6.45) is -4.38. The normalized spacial score (nSPS) is 11.1. The van der Waals surface area contributed by atoms with Crippen molar-refractivity contribution in [2.24, 2.45) is 0 Å². The maximum atomic E-state index is 12.3. The Morgan fingerprint density at radius 3 is 2.30 bits per heavy atom. The van der Waals surface area contributed by atoms with Crippen molar-refractivity contribution >= 4 is 34.8 Å². The van der Waals surface area contributed by atoms with E-state index in [0.29, 0.717) is 22.5 Å². The maximum absolute atomic E-state index is 12.3. The maximum Gasteiger partial charge on any atom is 0.411 e. The number of amides is 2. The predicted octanol–water partition coefficient (Wildman–Crippen LogP) is 4.63. The zero-order chi connectivity index (χ0) is 20.0. The summed E-state index contributed by atoms with van der Waals surface area (Å²) in [5.74, 6) is -0.686. The number of carbonyl (C=O) groups excluding carboxylic acids is 2. The second-order valence-corrected chi connectivity index (χ2v) is 6.04. The summed E-state index contributed by atoms with van der Waals surface area (Å²) >= 11 is 6.09. The lowest BCUT2D eigenvalue weighted by Gasteiger charge is -2.10. The first-order chi connectivity index (χ1) is 12.6. The molecule has 0 aliphatic heterocycles. The topological polar surface area (TPSA) is 67.4 Å². The number of nitrogens with one attached hydrogen (secondary N) is 2. The van der Waals surface area contributed by atoms with E-state index in [9.17, 15) is 22.8 Å². The molecular formula is C18H16ClF3N2O3. The average Bonchev–Trinajstić information content (AvgIpc) is 2.56. The average molecular weight is 401 g/mol. The molecule has 0 saturated carbocycles. The van der Waals surface area contributed by atoms with Crippen LogP contribution in [-0.2, 0) is 16.1 Å². The van der Waals surface area contributed by atoms with Crippen LogP contribution >= 0.6 is 11.6 Å². The predicted molar refractivity (Wildman–Crippen MR) is 95.9 cm³/mol. The van der Waals surface area contributed by atoms with Gasteiger partial charge in [-0.1, -0.05) is 23.7 Å². The Kier molecular flexibility index (Phi) is 6.81. The Balaban J connectivity index is 1.97. The van der Waals surface area contributed by atoms with Crippen molar-refractivity contribution in [3.63, 3.8) is 0 Å². The zero-order valence-electron chi connectivity index (χ0n) is 14.2. The van der Waals surface area contributed by atoms with Gasteiger partial charge in [0.2, 0.25) is 5.91 Å². The molecule has 0 unspecified atom stereocenters. The van der Waals surface area contributed by atoms with Crippen LogP contribution in [0.2, 0.25) is 5.02 Å². The van der Waals surface area contributed by atoms with Gasteiger partial charge in [-0.3, -0.25) is 9.59 Å². The Labute approximate surface area is 158 Å². The van der Waals surface area contributed by atoms with Gasteiger partial charge < -0.3 is 15.4 Å². The molecule has 2 rings (SSSR count). The van der Waals surface area contributed by atoms with Crippen LogP contribution in [0.1, 0.15) is 22.8 Å². The molecule has 5 nitrogen and oxygen atoms in total. The first-order valence-corrected chi connectivity index (χ1v) is 8.14. The summed E-state index contributed by atoms with van der Waals surface area (Å²) < 4.78 is 40.7. The second-order valence-electron chi connectivity index (χ2n) is 5.63. The highest BCUT2D eigenvalue weighted by Crippen LogP contribution is 2.26. The molecular weight excluding hydrogens is 385 g/mol. The van der Waals surface area contributed by atoms with Gasteiger partial charge in [0.1, 0.15) is 6.61 Å². The van der Waals surface area contributed by atoms with E-state index in [1.54, 1.807) is 12.1 Å². The molecule has 0 bridgehead atoms. The van der Waals surface area contributed by atoms with Crippen molar-refractivity contribution in [3.05, 3.63) is 58.6 Å². The van der Waals surface area contributed by atoms with E-state index in [4.69, 9.17) is 11.6 Å². The fourth-order valence-electron chi connectivity index (χ4n) is 2.13. The van der Waals surface area contributed by atoms with Crippen LogP contribution in [0.25, 0.3) is 0 Å². The lowest BCUT2D eigenvalue weighted by atomic mass is 10.1. The molecule has 144 valence electrons. The van der Waals surface area contributed by atoms with Gasteiger partial charge in [-0.15, -0.1) is 0 Å². The molecule has 27 heavy (non-hydrogen) atoms. The van der Waals surface area contributed by atoms with Crippen molar-refractivity contribution in [2.75, 3.05) is 17.2 Å². The highest BCUT2D eigenvalue weighted by molar-refractivity contribution is 6.34. The minimum absolute atomic E-state index is 0.210. The van der Waals surface area contributed by atoms with Crippen LogP contribution in [0.4, 0.5) is 24.5 Å². The van der Waals surface area contributed by atoms with E-state index in [1.165, 1.54) is 37.3 Å². The molecule has 0 aliphatic carbocycles. The van der Waals surface area contributed by atoms with Gasteiger partial charge in [0.25, 0.3) is 5.91 Å². The molecule has 0 fully saturated rings. The number of alkyl halides is 3. The summed E-state index contributed by atoms with van der Waals surface area (Å²) in [5.41, 5.74) is 1.66. The van der Waals surface area contributed by atoms with Crippen molar-refractivity contribution < 1.29 is 27.5 Å². The molecule has 2 aromatic rings. The molecule has 0 spiro atoms. The van der Waals surface area contributed by atoms with Gasteiger partial charge >= 0.3 is 6.18 Å². The number of hydrogen-bond donors (Lipinski definition) is 2. The Morgan fingerprint density at radius 2 is 1.74 bits per heavy atom. The van der Waals surface area contributed by atoms with Crippen molar-refractivity contribution in [1.29, 1.82) is 0 Å². The molecule has 0 saturated heterocycles. The molecule has 9 heteroatoms. The summed E-state index contributed by atoms with van der Waals surface area (Å²) in [4.78, 5) is 23.3. The van der Waals surface area contributed by atoms with Crippen molar-refractivity contribution in [3.8, 4) is 0 Å². The number of halogens is 4. The third-order valence-corrected chi connectivity index (χ3v) is 3.60. The summed E-state index contributed by atoms with van der Waals surface area (Å²) in [6, 6.07) is 10.6. The van der Waals surface area contributed by atoms with Crippen LogP contribution in [-0.4, -0.2) is 24.6 Å². The van der Waals surface area contributed by atoms with Crippen LogP contribution in [0.15, 0.2) is 42.5 Å². The Morgan fingerprint density at radius 1 is 1.07 bits per heavy atom. The Hall–Kier alpha value is -2.58. The second kappa shape index (κ2) is 8.88. The smallest absolute Gasteiger partial charge is 0.367 e. The number of carbonyl (C=O) groups is 2. The van der Waals surface area contributed by atoms with Gasteiger partial charge in [-0.05, 0) is 35.9 Å². The zero-order valence-corrected chi connectivity index (χ0v) is 14.9. The highest BCUT2D eigenvalue weighted by Gasteiger charge is 2.27. The molecule has 0 atom stereocenters. The molecule has 2 N–H and O–H groups in total. The monoisotopic (exact) mass is 400 g/mol. The summed E-state index contributed by atoms with van der Waals surface area (Å²) in [5, 5.41) is 5.44. The lowest BCUT2D eigenvalue weighted by Crippen LogP contribution is -2.16. The standard InChI is InChI=1S/C18H16ClF3N2O3/c1-11(25)23-14-6-7-16(15(19)8-14)24-17(26)13-4-2-12(3-5-13)9-27-10-18(20,21)22/h2-8H,9-10H2,1H3,(H,23,25)(H,24,26). The number of anilines is 2. The third-order valence-electron chi connectivity index (χ3n) is 3.29. The van der Waals surface area contributed by atoms with E-state index in [2.05, 4.69) is 15.4 Å². The van der Waals surface area contributed by atoms with Crippen LogP contribution in [0.3, 0.4) is 0 Å². The third kappa shape index (κ3) is 6.92. The van der Waals surface area contributed by atoms with Gasteiger partial charge in [0, 0.05) is 18.2 Å². The largest absolute Gasteiger partial charge is 0.411 e. The molecule has 0 heterocycles. The SMILES string of the molecule is CC(=O)Nc1ccc(NC(=O)c2ccc(COCC(F)(F)F)cc2)c(Cl)c1. The van der Waals surface area contributed by atoms with E-state index < -0.39 is 18.7 Å². The molecule has 2 amide bonds. The minimum Gasteiger partial charge on any atom is -0.367 e. The molecule has 0 radical (unpaired) electrons. The highest BCUT2D eigenvalue weighted by atomic mass is 35.5. The van der Waals surface area contributed by atoms with E-state index in [0.717, 1.165) is 0 Å². The first kappa shape index (κ1) is 20.7. The van der Waals surface area contributed by atoms with E-state index >= 15 is 0 Å². The van der Waals surface area contributed by atoms with Crippen molar-refractivity contribution in [2.45, 2.75) is 19.7 Å². The van der Waals surface area contributed by atoms with E-state index in [-0.39, 0.29) is 17.5 Å². The van der Waals surface area contributed by atoms with E-state index in [1.807, 2.05) is 0 Å².